The average Bonchev–Trinajstić information content (AvgIpc) is 3.92. The Morgan fingerprint density at radius 2 is 1.74 bits per heavy atom. The zero-order chi connectivity index (χ0) is 38.0. The van der Waals surface area contributed by atoms with Gasteiger partial charge in [0.1, 0.15) is 18.5 Å². The first-order valence-corrected chi connectivity index (χ1v) is 18.2. The van der Waals surface area contributed by atoms with Crippen molar-refractivity contribution in [3.8, 4) is 23.1 Å². The molecular weight excluding hydrogens is 655 g/mol. The van der Waals surface area contributed by atoms with Crippen LogP contribution in [0.4, 0.5) is 8.78 Å². The summed E-state index contributed by atoms with van der Waals surface area (Å²) in [6.07, 6.45) is 11.3. The van der Waals surface area contributed by atoms with Gasteiger partial charge in [-0.15, -0.1) is 9.24 Å². The quantitative estimate of drug-likeness (QED) is 0.146. The first kappa shape index (κ1) is 44.7. The molecule has 0 spiro atoms. The average molecular weight is 716 g/mol. The largest absolute Gasteiger partial charge is 0.480 e. The van der Waals surface area contributed by atoms with Crippen LogP contribution >= 0.6 is 9.24 Å². The van der Waals surface area contributed by atoms with Gasteiger partial charge in [-0.3, -0.25) is 4.98 Å². The molecular formula is C39H60F2N5O3P. The van der Waals surface area contributed by atoms with E-state index in [1.165, 1.54) is 45.0 Å². The number of hydrogen-bond acceptors (Lipinski definition) is 8. The molecule has 50 heavy (non-hydrogen) atoms. The van der Waals surface area contributed by atoms with Gasteiger partial charge >= 0.3 is 0 Å². The number of halogens is 2. The smallest absolute Gasteiger partial charge is 0.266 e. The lowest BCUT2D eigenvalue weighted by molar-refractivity contribution is 0.0633. The Labute approximate surface area is 301 Å². The molecule has 278 valence electrons. The van der Waals surface area contributed by atoms with Crippen molar-refractivity contribution in [1.29, 1.82) is 0 Å². The van der Waals surface area contributed by atoms with Crippen LogP contribution in [-0.4, -0.2) is 43.1 Å². The van der Waals surface area contributed by atoms with Crippen molar-refractivity contribution in [3.63, 3.8) is 0 Å². The molecule has 1 aliphatic rings. The maximum absolute atomic E-state index is 12.0. The number of aliphatic hydroxyl groups excluding tert-OH is 1. The van der Waals surface area contributed by atoms with Crippen molar-refractivity contribution in [2.24, 2.45) is 5.92 Å². The maximum Gasteiger partial charge on any atom is 0.266 e. The molecule has 0 bridgehead atoms. The number of allylic oxidation sites excluding steroid dienone is 3. The van der Waals surface area contributed by atoms with E-state index in [-0.39, 0.29) is 12.2 Å². The lowest BCUT2D eigenvalue weighted by Gasteiger charge is -2.14. The summed E-state index contributed by atoms with van der Waals surface area (Å²) < 4.78 is 35.5. The fourth-order valence-corrected chi connectivity index (χ4v) is 4.86. The molecule has 1 N–H and O–H groups in total. The molecule has 1 aliphatic carbocycles. The summed E-state index contributed by atoms with van der Waals surface area (Å²) in [6, 6.07) is 3.62. The fraction of sp³-hybridized carbons (Fsp3) is 0.564. The highest BCUT2D eigenvalue weighted by atomic mass is 31.0. The van der Waals surface area contributed by atoms with Gasteiger partial charge in [0.25, 0.3) is 5.92 Å². The SMILES string of the molecule is C/C=C(\C)C(C)(F)F.C=C(C)c1ncc(COc2cc(C(C)O)nc(-c3c(OC)ncnc3C3CC3)n2)cc1P.CCC.CCCC(C)CC. The van der Waals surface area contributed by atoms with Gasteiger partial charge < -0.3 is 14.6 Å². The van der Waals surface area contributed by atoms with Crippen LogP contribution in [-0.2, 0) is 6.61 Å². The summed E-state index contributed by atoms with van der Waals surface area (Å²) in [7, 11) is 4.23. The molecule has 11 heteroatoms. The lowest BCUT2D eigenvalue weighted by atomic mass is 10.0. The summed E-state index contributed by atoms with van der Waals surface area (Å²) in [5, 5.41) is 11.2. The number of aromatic nitrogens is 5. The van der Waals surface area contributed by atoms with Crippen LogP contribution < -0.4 is 14.8 Å². The van der Waals surface area contributed by atoms with E-state index in [4.69, 9.17) is 9.47 Å². The van der Waals surface area contributed by atoms with Gasteiger partial charge in [0, 0.05) is 30.7 Å². The maximum atomic E-state index is 12.0. The van der Waals surface area contributed by atoms with Crippen molar-refractivity contribution >= 4 is 20.1 Å². The van der Waals surface area contributed by atoms with E-state index in [1.807, 2.05) is 13.0 Å². The van der Waals surface area contributed by atoms with E-state index < -0.39 is 12.0 Å². The second-order valence-corrected chi connectivity index (χ2v) is 13.4. The van der Waals surface area contributed by atoms with Gasteiger partial charge in [0.05, 0.1) is 30.3 Å². The van der Waals surface area contributed by atoms with Crippen molar-refractivity contribution < 1.29 is 23.4 Å². The Hall–Kier alpha value is -3.36. The number of aliphatic hydroxyl groups is 1. The Morgan fingerprint density at radius 1 is 1.10 bits per heavy atom. The molecule has 0 radical (unpaired) electrons. The number of rotatable bonds is 12. The van der Waals surface area contributed by atoms with Crippen LogP contribution in [0.15, 0.2) is 42.9 Å². The van der Waals surface area contributed by atoms with E-state index in [1.54, 1.807) is 33.2 Å². The number of pyridine rings is 1. The van der Waals surface area contributed by atoms with Gasteiger partial charge in [-0.25, -0.2) is 23.7 Å². The van der Waals surface area contributed by atoms with E-state index in [0.717, 1.165) is 53.5 Å². The molecule has 3 aromatic rings. The summed E-state index contributed by atoms with van der Waals surface area (Å²) in [4.78, 5) is 22.3. The highest BCUT2D eigenvalue weighted by Crippen LogP contribution is 2.45. The number of methoxy groups -OCH3 is 1. The highest BCUT2D eigenvalue weighted by Gasteiger charge is 2.32. The van der Waals surface area contributed by atoms with Crippen molar-refractivity contribution in [3.05, 3.63) is 65.5 Å². The normalized spacial score (nSPS) is 13.7. The number of nitrogens with zero attached hydrogens (tertiary/aromatic N) is 5. The molecule has 3 atom stereocenters. The molecule has 3 heterocycles. The van der Waals surface area contributed by atoms with Crippen LogP contribution in [0.2, 0.25) is 0 Å². The minimum absolute atomic E-state index is 0.123. The monoisotopic (exact) mass is 715 g/mol. The first-order valence-electron chi connectivity index (χ1n) is 17.6. The van der Waals surface area contributed by atoms with Crippen LogP contribution in [0.1, 0.15) is 142 Å². The third-order valence-electron chi connectivity index (χ3n) is 7.74. The van der Waals surface area contributed by atoms with Gasteiger partial charge in [-0.2, -0.15) is 4.98 Å². The topological polar surface area (TPSA) is 103 Å². The van der Waals surface area contributed by atoms with E-state index in [2.05, 4.69) is 75.4 Å². The molecule has 1 fully saturated rings. The summed E-state index contributed by atoms with van der Waals surface area (Å²) in [5.74, 6) is -0.223. The predicted octanol–water partition coefficient (Wildman–Crippen LogP) is 10.2. The third-order valence-corrected chi connectivity index (χ3v) is 8.18. The third kappa shape index (κ3) is 15.3. The Kier molecular flexibility index (Phi) is 20.1. The number of hydrogen-bond donors (Lipinski definition) is 1. The molecule has 4 rings (SSSR count). The van der Waals surface area contributed by atoms with Crippen molar-refractivity contribution in [2.75, 3.05) is 7.11 Å². The molecule has 3 unspecified atom stereocenters. The number of alkyl halides is 2. The fourth-order valence-electron chi connectivity index (χ4n) is 4.33. The second kappa shape index (κ2) is 22.5. The van der Waals surface area contributed by atoms with Crippen LogP contribution in [0, 0.1) is 5.92 Å². The van der Waals surface area contributed by atoms with Crippen molar-refractivity contribution in [1.82, 2.24) is 24.9 Å². The van der Waals surface area contributed by atoms with Crippen molar-refractivity contribution in [2.45, 2.75) is 132 Å². The second-order valence-electron chi connectivity index (χ2n) is 12.8. The van der Waals surface area contributed by atoms with E-state index >= 15 is 0 Å². The Bertz CT molecular complexity index is 1510. The Morgan fingerprint density at radius 3 is 2.16 bits per heavy atom. The highest BCUT2D eigenvalue weighted by molar-refractivity contribution is 7.27. The molecule has 0 saturated heterocycles. The summed E-state index contributed by atoms with van der Waals surface area (Å²) in [6.45, 7) is 22.7. The molecule has 0 amide bonds. The Balaban J connectivity index is 0.000000573. The summed E-state index contributed by atoms with van der Waals surface area (Å²) in [5.41, 5.74) is 4.70. The number of ether oxygens (including phenoxy) is 2. The molecule has 8 nitrogen and oxygen atoms in total. The minimum atomic E-state index is -2.63. The lowest BCUT2D eigenvalue weighted by Crippen LogP contribution is -2.10. The van der Waals surface area contributed by atoms with Gasteiger partial charge in [0.2, 0.25) is 11.8 Å². The van der Waals surface area contributed by atoms with Crippen LogP contribution in [0.25, 0.3) is 17.0 Å². The minimum Gasteiger partial charge on any atom is -0.480 e. The van der Waals surface area contributed by atoms with Crippen LogP contribution in [0.3, 0.4) is 0 Å². The summed E-state index contributed by atoms with van der Waals surface area (Å²) >= 11 is 0. The molecule has 3 aromatic heterocycles. The molecule has 0 aliphatic heterocycles. The first-order chi connectivity index (χ1) is 23.6. The van der Waals surface area contributed by atoms with Gasteiger partial charge in [-0.05, 0) is 69.0 Å². The zero-order valence-electron chi connectivity index (χ0n) is 32.1. The van der Waals surface area contributed by atoms with Gasteiger partial charge in [-0.1, -0.05) is 73.0 Å². The molecule has 0 aromatic carbocycles. The van der Waals surface area contributed by atoms with E-state index in [9.17, 15) is 13.9 Å². The standard InChI is InChI=1S/C23H26N5O3P.C7H16.C6H10F2.C3H8/c1-12(2)20-17(32)7-14(9-24-20)10-31-18-8-16(13(3)29)27-22(28-18)19-21(15-5-6-15)25-11-26-23(19)30-4;1-4-6-7(3)5-2;1-4-5(2)6(3,7)8;1-3-2/h7-9,11,13,15,29H,1,5-6,10,32H2,2-4H3;7H,4-6H2,1-3H3;4H,1-3H3;3H2,1-2H3/b;;5-4+;. The van der Waals surface area contributed by atoms with E-state index in [0.29, 0.717) is 34.8 Å². The molecule has 1 saturated carbocycles. The predicted molar refractivity (Wildman–Crippen MR) is 205 cm³/mol. The van der Waals surface area contributed by atoms with Gasteiger partial charge in [0.15, 0.2) is 5.82 Å². The zero-order valence-corrected chi connectivity index (χ0v) is 33.3. The van der Waals surface area contributed by atoms with Crippen LogP contribution in [0.5, 0.6) is 11.8 Å².